The smallest absolute Gasteiger partial charge is 0.338 e. The van der Waals surface area contributed by atoms with Crippen molar-refractivity contribution in [3.05, 3.63) is 42.0 Å². The van der Waals surface area contributed by atoms with Gasteiger partial charge in [-0.15, -0.1) is 0 Å². The lowest BCUT2D eigenvalue weighted by Crippen LogP contribution is -2.27. The molecule has 0 bridgehead atoms. The van der Waals surface area contributed by atoms with Gasteiger partial charge >= 0.3 is 5.97 Å². The molecule has 0 aliphatic heterocycles. The van der Waals surface area contributed by atoms with E-state index in [-0.39, 0.29) is 5.97 Å². The number of carbonyl (C=O) groups excluding carboxylic acids is 2. The van der Waals surface area contributed by atoms with Crippen LogP contribution in [0.15, 0.2) is 36.4 Å². The minimum absolute atomic E-state index is 0.291. The molecule has 23 heavy (non-hydrogen) atoms. The van der Waals surface area contributed by atoms with Gasteiger partial charge in [0.2, 0.25) is 0 Å². The summed E-state index contributed by atoms with van der Waals surface area (Å²) in [5.74, 6) is -0.291. The first kappa shape index (κ1) is 15.5. The van der Waals surface area contributed by atoms with E-state index >= 15 is 0 Å². The van der Waals surface area contributed by atoms with Gasteiger partial charge in [0.05, 0.1) is 12.2 Å². The van der Waals surface area contributed by atoms with Crippen LogP contribution in [0.3, 0.4) is 0 Å². The van der Waals surface area contributed by atoms with Crippen molar-refractivity contribution in [2.75, 3.05) is 18.1 Å². The molecule has 0 radical (unpaired) electrons. The summed E-state index contributed by atoms with van der Waals surface area (Å²) >= 11 is 0. The van der Waals surface area contributed by atoms with Crippen LogP contribution in [0.25, 0.3) is 10.8 Å². The molecule has 0 amide bonds. The van der Waals surface area contributed by atoms with E-state index in [0.29, 0.717) is 24.6 Å². The van der Waals surface area contributed by atoms with Crippen molar-refractivity contribution in [3.8, 4) is 0 Å². The van der Waals surface area contributed by atoms with Gasteiger partial charge in [-0.2, -0.15) is 0 Å². The fourth-order valence-corrected chi connectivity index (χ4v) is 3.00. The Morgan fingerprint density at radius 3 is 2.61 bits per heavy atom. The number of hydrogen-bond acceptors (Lipinski definition) is 4. The molecule has 1 aliphatic carbocycles. The lowest BCUT2D eigenvalue weighted by Gasteiger charge is -2.26. The second kappa shape index (κ2) is 6.82. The molecule has 0 atom stereocenters. The molecule has 120 valence electrons. The monoisotopic (exact) mass is 311 g/mol. The Bertz CT molecular complexity index is 722. The molecular weight excluding hydrogens is 290 g/mol. The largest absolute Gasteiger partial charge is 0.462 e. The molecule has 1 fully saturated rings. The molecule has 3 rings (SSSR count). The highest BCUT2D eigenvalue weighted by Gasteiger charge is 2.30. The first-order chi connectivity index (χ1) is 11.3. The number of esters is 1. The van der Waals surface area contributed by atoms with Crippen molar-refractivity contribution >= 4 is 28.7 Å². The van der Waals surface area contributed by atoms with E-state index in [2.05, 4.69) is 4.90 Å². The van der Waals surface area contributed by atoms with Gasteiger partial charge in [0, 0.05) is 30.1 Å². The molecule has 4 heteroatoms. The maximum Gasteiger partial charge on any atom is 0.338 e. The minimum Gasteiger partial charge on any atom is -0.462 e. The third-order valence-corrected chi connectivity index (χ3v) is 4.18. The van der Waals surface area contributed by atoms with Gasteiger partial charge in [-0.1, -0.05) is 24.3 Å². The highest BCUT2D eigenvalue weighted by atomic mass is 16.5. The van der Waals surface area contributed by atoms with E-state index in [4.69, 9.17) is 4.74 Å². The zero-order valence-corrected chi connectivity index (χ0v) is 13.3. The van der Waals surface area contributed by atoms with E-state index in [1.54, 1.807) is 0 Å². The van der Waals surface area contributed by atoms with Gasteiger partial charge in [-0.3, -0.25) is 0 Å². The Balaban J connectivity index is 2.06. The average molecular weight is 311 g/mol. The number of hydrogen-bond donors (Lipinski definition) is 0. The van der Waals surface area contributed by atoms with Crippen LogP contribution >= 0.6 is 0 Å². The Hall–Kier alpha value is -2.36. The van der Waals surface area contributed by atoms with Crippen LogP contribution in [-0.4, -0.2) is 31.4 Å². The summed E-state index contributed by atoms with van der Waals surface area (Å²) in [5, 5.41) is 1.94. The first-order valence-electron chi connectivity index (χ1n) is 8.15. The van der Waals surface area contributed by atoms with Crippen LogP contribution in [0.4, 0.5) is 5.69 Å². The highest BCUT2D eigenvalue weighted by Crippen LogP contribution is 2.37. The van der Waals surface area contributed by atoms with Crippen molar-refractivity contribution in [1.29, 1.82) is 0 Å². The Morgan fingerprint density at radius 1 is 1.22 bits per heavy atom. The molecule has 0 unspecified atom stereocenters. The maximum atomic E-state index is 12.2. The zero-order chi connectivity index (χ0) is 16.2. The molecule has 1 aliphatic rings. The van der Waals surface area contributed by atoms with E-state index in [1.165, 1.54) is 0 Å². The summed E-state index contributed by atoms with van der Waals surface area (Å²) in [5.41, 5.74) is 1.69. The van der Waals surface area contributed by atoms with Crippen LogP contribution < -0.4 is 4.90 Å². The van der Waals surface area contributed by atoms with E-state index < -0.39 is 0 Å². The lowest BCUT2D eigenvalue weighted by molar-refractivity contribution is -0.107. The molecule has 0 N–H and O–H groups in total. The fourth-order valence-electron chi connectivity index (χ4n) is 3.00. The summed E-state index contributed by atoms with van der Waals surface area (Å²) in [6, 6.07) is 12.2. The molecule has 0 saturated heterocycles. The Labute approximate surface area is 136 Å². The average Bonchev–Trinajstić information content (AvgIpc) is 3.40. The van der Waals surface area contributed by atoms with Crippen molar-refractivity contribution in [3.63, 3.8) is 0 Å². The second-order valence-corrected chi connectivity index (χ2v) is 5.78. The van der Waals surface area contributed by atoms with Gasteiger partial charge in [0.15, 0.2) is 0 Å². The number of benzene rings is 2. The molecule has 4 nitrogen and oxygen atoms in total. The van der Waals surface area contributed by atoms with Crippen LogP contribution in [0.5, 0.6) is 0 Å². The molecule has 0 spiro atoms. The summed E-state index contributed by atoms with van der Waals surface area (Å²) in [6.45, 7) is 2.89. The topological polar surface area (TPSA) is 46.6 Å². The Morgan fingerprint density at radius 2 is 1.96 bits per heavy atom. The van der Waals surface area contributed by atoms with Gasteiger partial charge in [0.1, 0.15) is 6.29 Å². The zero-order valence-electron chi connectivity index (χ0n) is 13.3. The SMILES string of the molecule is CCOC(=O)c1ccc(N(CCC=O)C2CC2)c2ccccc12. The number of nitrogens with zero attached hydrogens (tertiary/aromatic N) is 1. The predicted octanol–water partition coefficient (Wildman–Crippen LogP) is 3.57. The molecule has 0 heterocycles. The van der Waals surface area contributed by atoms with E-state index in [9.17, 15) is 9.59 Å². The van der Waals surface area contributed by atoms with Gasteiger partial charge < -0.3 is 14.4 Å². The van der Waals surface area contributed by atoms with Crippen LogP contribution in [0.2, 0.25) is 0 Å². The highest BCUT2D eigenvalue weighted by molar-refractivity contribution is 6.08. The second-order valence-electron chi connectivity index (χ2n) is 5.78. The summed E-state index contributed by atoms with van der Waals surface area (Å²) in [4.78, 5) is 25.2. The number of fused-ring (bicyclic) bond motifs is 1. The van der Waals surface area contributed by atoms with Crippen molar-refractivity contribution in [1.82, 2.24) is 0 Å². The lowest BCUT2D eigenvalue weighted by atomic mass is 10.0. The fraction of sp³-hybridized carbons (Fsp3) is 0.368. The third kappa shape index (κ3) is 3.21. The molecular formula is C19H21NO3. The molecule has 2 aromatic rings. The summed E-state index contributed by atoms with van der Waals surface area (Å²) in [6.07, 6.45) is 3.80. The standard InChI is InChI=1S/C19H21NO3/c1-2-23-19(22)17-10-11-18(16-7-4-3-6-15(16)17)20(12-5-13-21)14-8-9-14/h3-4,6-7,10-11,13-14H,2,5,8-9,12H2,1H3. The van der Waals surface area contributed by atoms with Crippen molar-refractivity contribution in [2.45, 2.75) is 32.2 Å². The predicted molar refractivity (Wildman–Crippen MR) is 91.0 cm³/mol. The number of carbonyl (C=O) groups is 2. The Kier molecular flexibility index (Phi) is 4.60. The van der Waals surface area contributed by atoms with Crippen LogP contribution in [0, 0.1) is 0 Å². The number of aldehydes is 1. The van der Waals surface area contributed by atoms with Gasteiger partial charge in [0.25, 0.3) is 0 Å². The third-order valence-electron chi connectivity index (χ3n) is 4.18. The molecule has 2 aromatic carbocycles. The van der Waals surface area contributed by atoms with E-state index in [1.807, 2.05) is 43.3 Å². The van der Waals surface area contributed by atoms with Gasteiger partial charge in [-0.25, -0.2) is 4.79 Å². The first-order valence-corrected chi connectivity index (χ1v) is 8.15. The number of anilines is 1. The van der Waals surface area contributed by atoms with E-state index in [0.717, 1.165) is 42.1 Å². The number of rotatable bonds is 7. The van der Waals surface area contributed by atoms with Crippen molar-refractivity contribution in [2.24, 2.45) is 0 Å². The quantitative estimate of drug-likeness (QED) is 0.579. The van der Waals surface area contributed by atoms with Crippen molar-refractivity contribution < 1.29 is 14.3 Å². The molecule has 1 saturated carbocycles. The normalized spacial score (nSPS) is 13.8. The minimum atomic E-state index is -0.291. The maximum absolute atomic E-state index is 12.2. The van der Waals surface area contributed by atoms with Crippen LogP contribution in [0.1, 0.15) is 36.5 Å². The summed E-state index contributed by atoms with van der Waals surface area (Å²) < 4.78 is 5.16. The van der Waals surface area contributed by atoms with Crippen LogP contribution in [-0.2, 0) is 9.53 Å². The molecule has 0 aromatic heterocycles. The summed E-state index contributed by atoms with van der Waals surface area (Å²) in [7, 11) is 0. The number of ether oxygens (including phenoxy) is 1. The van der Waals surface area contributed by atoms with Gasteiger partial charge in [-0.05, 0) is 37.3 Å².